The summed E-state index contributed by atoms with van der Waals surface area (Å²) in [7, 11) is 0. The van der Waals surface area contributed by atoms with Crippen LogP contribution in [0, 0.1) is 0 Å². The SMILES string of the molecule is CC(C)(C)c1ccc(C(=O)O)cc1.NN. The number of rotatable bonds is 1. The van der Waals surface area contributed by atoms with Gasteiger partial charge in [-0.05, 0) is 23.1 Å². The highest BCUT2D eigenvalue weighted by molar-refractivity contribution is 5.87. The third-order valence-electron chi connectivity index (χ3n) is 2.00. The van der Waals surface area contributed by atoms with Crippen molar-refractivity contribution in [3.05, 3.63) is 35.4 Å². The monoisotopic (exact) mass is 210 g/mol. The number of nitrogens with two attached hydrogens (primary N) is 2. The average Bonchev–Trinajstić information content (AvgIpc) is 2.20. The number of carboxylic acids is 1. The summed E-state index contributed by atoms with van der Waals surface area (Å²) in [6, 6.07) is 7.01. The molecule has 4 heteroatoms. The van der Waals surface area contributed by atoms with E-state index in [1.165, 1.54) is 0 Å². The summed E-state index contributed by atoms with van der Waals surface area (Å²) >= 11 is 0. The first-order chi connectivity index (χ1) is 6.91. The lowest BCUT2D eigenvalue weighted by atomic mass is 9.87. The Morgan fingerprint density at radius 3 is 1.80 bits per heavy atom. The van der Waals surface area contributed by atoms with Gasteiger partial charge in [0.25, 0.3) is 0 Å². The highest BCUT2D eigenvalue weighted by Crippen LogP contribution is 2.21. The first-order valence-electron chi connectivity index (χ1n) is 4.58. The molecule has 0 radical (unpaired) electrons. The first kappa shape index (κ1) is 13.6. The van der Waals surface area contributed by atoms with Crippen molar-refractivity contribution < 1.29 is 9.90 Å². The molecule has 0 unspecified atom stereocenters. The summed E-state index contributed by atoms with van der Waals surface area (Å²) in [5.74, 6) is 7.13. The molecule has 0 heterocycles. The molecule has 1 aromatic carbocycles. The predicted molar refractivity (Wildman–Crippen MR) is 60.5 cm³/mol. The molecule has 5 N–H and O–H groups in total. The second kappa shape index (κ2) is 5.48. The molecular formula is C11H18N2O2. The van der Waals surface area contributed by atoms with E-state index in [-0.39, 0.29) is 5.41 Å². The molecule has 0 amide bonds. The normalized spacial score (nSPS) is 10.2. The van der Waals surface area contributed by atoms with E-state index < -0.39 is 5.97 Å². The van der Waals surface area contributed by atoms with Gasteiger partial charge in [-0.1, -0.05) is 32.9 Å². The molecular weight excluding hydrogens is 192 g/mol. The van der Waals surface area contributed by atoms with E-state index in [4.69, 9.17) is 5.11 Å². The second-order valence-electron chi connectivity index (χ2n) is 4.13. The summed E-state index contributed by atoms with van der Waals surface area (Å²) in [5, 5.41) is 8.68. The van der Waals surface area contributed by atoms with Crippen molar-refractivity contribution in [2.45, 2.75) is 26.2 Å². The van der Waals surface area contributed by atoms with Gasteiger partial charge >= 0.3 is 5.97 Å². The molecule has 4 nitrogen and oxygen atoms in total. The number of hydrogen-bond donors (Lipinski definition) is 3. The van der Waals surface area contributed by atoms with Crippen LogP contribution in [0.1, 0.15) is 36.7 Å². The van der Waals surface area contributed by atoms with Crippen LogP contribution in [-0.4, -0.2) is 11.1 Å². The van der Waals surface area contributed by atoms with Crippen LogP contribution < -0.4 is 11.7 Å². The Balaban J connectivity index is 0.000000921. The van der Waals surface area contributed by atoms with Crippen LogP contribution in [0.25, 0.3) is 0 Å². The number of hydrazine groups is 1. The van der Waals surface area contributed by atoms with Crippen LogP contribution >= 0.6 is 0 Å². The average molecular weight is 210 g/mol. The fraction of sp³-hybridized carbons (Fsp3) is 0.364. The van der Waals surface area contributed by atoms with Gasteiger partial charge in [0.05, 0.1) is 5.56 Å². The number of hydrogen-bond acceptors (Lipinski definition) is 3. The molecule has 0 fully saturated rings. The van der Waals surface area contributed by atoms with Crippen LogP contribution in [0.4, 0.5) is 0 Å². The van der Waals surface area contributed by atoms with E-state index in [0.29, 0.717) is 5.56 Å². The Morgan fingerprint density at radius 2 is 1.53 bits per heavy atom. The summed E-state index contributed by atoms with van der Waals surface area (Å²) in [6.07, 6.45) is 0. The number of carboxylic acid groups (broad SMARTS) is 1. The molecule has 0 bridgehead atoms. The van der Waals surface area contributed by atoms with Crippen molar-refractivity contribution in [3.63, 3.8) is 0 Å². The van der Waals surface area contributed by atoms with Crippen LogP contribution in [0.2, 0.25) is 0 Å². The van der Waals surface area contributed by atoms with Gasteiger partial charge < -0.3 is 5.11 Å². The van der Waals surface area contributed by atoms with Crippen molar-refractivity contribution in [1.29, 1.82) is 0 Å². The number of aromatic carboxylic acids is 1. The molecule has 0 aliphatic carbocycles. The van der Waals surface area contributed by atoms with Crippen molar-refractivity contribution in [2.24, 2.45) is 11.7 Å². The number of benzene rings is 1. The molecule has 0 saturated heterocycles. The fourth-order valence-corrected chi connectivity index (χ4v) is 1.11. The van der Waals surface area contributed by atoms with Gasteiger partial charge in [-0.15, -0.1) is 0 Å². The van der Waals surface area contributed by atoms with Gasteiger partial charge in [-0.25, -0.2) is 4.79 Å². The van der Waals surface area contributed by atoms with Gasteiger partial charge in [0.2, 0.25) is 0 Å². The fourth-order valence-electron chi connectivity index (χ4n) is 1.11. The van der Waals surface area contributed by atoms with Gasteiger partial charge in [0, 0.05) is 0 Å². The summed E-state index contributed by atoms with van der Waals surface area (Å²) in [4.78, 5) is 10.6. The zero-order chi connectivity index (χ0) is 12.1. The van der Waals surface area contributed by atoms with E-state index in [1.807, 2.05) is 12.1 Å². The minimum atomic E-state index is -0.875. The Kier molecular flexibility index (Phi) is 4.97. The zero-order valence-corrected chi connectivity index (χ0v) is 9.32. The largest absolute Gasteiger partial charge is 0.478 e. The van der Waals surface area contributed by atoms with Crippen LogP contribution in [0.15, 0.2) is 24.3 Å². The third kappa shape index (κ3) is 4.10. The van der Waals surface area contributed by atoms with Gasteiger partial charge in [-0.3, -0.25) is 11.7 Å². The van der Waals surface area contributed by atoms with Gasteiger partial charge in [0.15, 0.2) is 0 Å². The molecule has 0 aliphatic rings. The maximum Gasteiger partial charge on any atom is 0.335 e. The lowest BCUT2D eigenvalue weighted by Crippen LogP contribution is -2.11. The maximum atomic E-state index is 10.6. The molecule has 84 valence electrons. The second-order valence-corrected chi connectivity index (χ2v) is 4.13. The van der Waals surface area contributed by atoms with E-state index >= 15 is 0 Å². The molecule has 1 rings (SSSR count). The summed E-state index contributed by atoms with van der Waals surface area (Å²) in [5.41, 5.74) is 1.57. The Morgan fingerprint density at radius 1 is 1.13 bits per heavy atom. The maximum absolute atomic E-state index is 10.6. The quantitative estimate of drug-likeness (QED) is 0.484. The third-order valence-corrected chi connectivity index (χ3v) is 2.00. The molecule has 0 aliphatic heterocycles. The molecule has 0 saturated carbocycles. The number of carbonyl (C=O) groups is 1. The van der Waals surface area contributed by atoms with Crippen molar-refractivity contribution in [1.82, 2.24) is 0 Å². The van der Waals surface area contributed by atoms with Gasteiger partial charge in [-0.2, -0.15) is 0 Å². The molecule has 1 aromatic rings. The van der Waals surface area contributed by atoms with Crippen molar-refractivity contribution >= 4 is 5.97 Å². The molecule has 0 aromatic heterocycles. The lowest BCUT2D eigenvalue weighted by Gasteiger charge is -2.18. The van der Waals surface area contributed by atoms with Crippen LogP contribution in [0.5, 0.6) is 0 Å². The van der Waals surface area contributed by atoms with E-state index in [0.717, 1.165) is 5.56 Å². The molecule has 0 atom stereocenters. The summed E-state index contributed by atoms with van der Waals surface area (Å²) in [6.45, 7) is 6.30. The Hall–Kier alpha value is -1.39. The zero-order valence-electron chi connectivity index (χ0n) is 9.32. The standard InChI is InChI=1S/C11H14O2.H4N2/c1-11(2,3)9-6-4-8(5-7-9)10(12)13;1-2/h4-7H,1-3H3,(H,12,13);1-2H2. The van der Waals surface area contributed by atoms with E-state index in [2.05, 4.69) is 32.5 Å². The highest BCUT2D eigenvalue weighted by Gasteiger charge is 2.13. The molecule has 0 spiro atoms. The van der Waals surface area contributed by atoms with E-state index in [9.17, 15) is 4.79 Å². The predicted octanol–water partition coefficient (Wildman–Crippen LogP) is 1.50. The minimum Gasteiger partial charge on any atom is -0.478 e. The lowest BCUT2D eigenvalue weighted by molar-refractivity contribution is 0.0697. The Bertz CT molecular complexity index is 312. The van der Waals surface area contributed by atoms with Crippen molar-refractivity contribution in [3.8, 4) is 0 Å². The first-order valence-corrected chi connectivity index (χ1v) is 4.58. The minimum absolute atomic E-state index is 0.0804. The topological polar surface area (TPSA) is 89.3 Å². The summed E-state index contributed by atoms with van der Waals surface area (Å²) < 4.78 is 0. The molecule has 15 heavy (non-hydrogen) atoms. The van der Waals surface area contributed by atoms with Crippen LogP contribution in [-0.2, 0) is 5.41 Å². The highest BCUT2D eigenvalue weighted by atomic mass is 16.4. The Labute approximate surface area is 89.9 Å². The van der Waals surface area contributed by atoms with Gasteiger partial charge in [0.1, 0.15) is 0 Å². The van der Waals surface area contributed by atoms with Crippen LogP contribution in [0.3, 0.4) is 0 Å². The van der Waals surface area contributed by atoms with E-state index in [1.54, 1.807) is 12.1 Å². The smallest absolute Gasteiger partial charge is 0.335 e. The van der Waals surface area contributed by atoms with Crippen molar-refractivity contribution in [2.75, 3.05) is 0 Å².